The summed E-state index contributed by atoms with van der Waals surface area (Å²) in [6, 6.07) is 10.3. The predicted molar refractivity (Wildman–Crippen MR) is 64.0 cm³/mol. The molecule has 3 heteroatoms. The van der Waals surface area contributed by atoms with E-state index in [0.717, 1.165) is 4.88 Å². The van der Waals surface area contributed by atoms with E-state index in [9.17, 15) is 9.50 Å². The van der Waals surface area contributed by atoms with Gasteiger partial charge in [0.2, 0.25) is 0 Å². The first-order valence-corrected chi connectivity index (χ1v) is 5.97. The van der Waals surface area contributed by atoms with Gasteiger partial charge in [-0.3, -0.25) is 0 Å². The molecule has 1 atom stereocenters. The first-order chi connectivity index (χ1) is 7.59. The summed E-state index contributed by atoms with van der Waals surface area (Å²) in [6.07, 6.45) is 0.292. The Morgan fingerprint density at radius 1 is 1.25 bits per heavy atom. The van der Waals surface area contributed by atoms with Crippen molar-refractivity contribution in [3.8, 4) is 0 Å². The van der Waals surface area contributed by atoms with E-state index in [0.29, 0.717) is 12.0 Å². The lowest BCUT2D eigenvalue weighted by Gasteiger charge is -2.22. The second kappa shape index (κ2) is 4.36. The van der Waals surface area contributed by atoms with Crippen LogP contribution in [0.1, 0.15) is 17.4 Å². The number of benzene rings is 1. The normalized spacial score (nSPS) is 14.7. The molecule has 1 aromatic heterocycles. The summed E-state index contributed by atoms with van der Waals surface area (Å²) in [5.41, 5.74) is -0.461. The zero-order chi connectivity index (χ0) is 11.6. The van der Waals surface area contributed by atoms with Gasteiger partial charge in [-0.2, -0.15) is 0 Å². The third-order valence-corrected chi connectivity index (χ3v) is 3.67. The molecule has 0 saturated heterocycles. The monoisotopic (exact) mass is 236 g/mol. The van der Waals surface area contributed by atoms with Crippen molar-refractivity contribution >= 4 is 11.3 Å². The van der Waals surface area contributed by atoms with E-state index in [-0.39, 0.29) is 5.82 Å². The number of rotatable bonds is 3. The summed E-state index contributed by atoms with van der Waals surface area (Å²) in [5.74, 6) is -0.265. The minimum Gasteiger partial charge on any atom is -0.384 e. The molecule has 0 saturated carbocycles. The Morgan fingerprint density at radius 2 is 2.00 bits per heavy atom. The summed E-state index contributed by atoms with van der Waals surface area (Å²) in [5, 5.41) is 12.2. The van der Waals surface area contributed by atoms with Crippen molar-refractivity contribution in [3.05, 3.63) is 58.0 Å². The molecular weight excluding hydrogens is 223 g/mol. The van der Waals surface area contributed by atoms with Crippen molar-refractivity contribution in [1.29, 1.82) is 0 Å². The van der Waals surface area contributed by atoms with E-state index in [1.54, 1.807) is 25.1 Å². The molecule has 0 aliphatic rings. The minimum absolute atomic E-state index is 0.265. The van der Waals surface area contributed by atoms with Gasteiger partial charge in [-0.1, -0.05) is 24.3 Å². The lowest BCUT2D eigenvalue weighted by Crippen LogP contribution is -2.23. The number of halogens is 1. The van der Waals surface area contributed by atoms with Crippen LogP contribution >= 0.6 is 11.3 Å². The van der Waals surface area contributed by atoms with Gasteiger partial charge in [0.05, 0.1) is 0 Å². The number of thiophene rings is 1. The van der Waals surface area contributed by atoms with Gasteiger partial charge < -0.3 is 5.11 Å². The van der Waals surface area contributed by atoms with Crippen molar-refractivity contribution in [2.75, 3.05) is 0 Å². The first-order valence-electron chi connectivity index (χ1n) is 5.09. The average molecular weight is 236 g/mol. The number of hydrogen-bond acceptors (Lipinski definition) is 2. The van der Waals surface area contributed by atoms with Crippen LogP contribution in [0.3, 0.4) is 0 Å². The molecule has 1 N–H and O–H groups in total. The number of aliphatic hydroxyl groups is 1. The van der Waals surface area contributed by atoms with Crippen LogP contribution in [0.5, 0.6) is 0 Å². The van der Waals surface area contributed by atoms with Gasteiger partial charge >= 0.3 is 0 Å². The Balaban J connectivity index is 2.25. The van der Waals surface area contributed by atoms with E-state index in [2.05, 4.69) is 0 Å². The van der Waals surface area contributed by atoms with Crippen LogP contribution in [0.25, 0.3) is 0 Å². The molecule has 1 aromatic carbocycles. The molecule has 0 amide bonds. The molecule has 0 spiro atoms. The molecule has 2 aromatic rings. The van der Waals surface area contributed by atoms with Crippen LogP contribution in [0.4, 0.5) is 4.39 Å². The maximum atomic E-state index is 13.5. The van der Waals surface area contributed by atoms with E-state index in [1.807, 2.05) is 17.5 Å². The average Bonchev–Trinajstić information content (AvgIpc) is 2.75. The van der Waals surface area contributed by atoms with E-state index in [4.69, 9.17) is 0 Å². The van der Waals surface area contributed by atoms with E-state index in [1.165, 1.54) is 17.4 Å². The van der Waals surface area contributed by atoms with Gasteiger partial charge in [0.1, 0.15) is 11.4 Å². The molecule has 0 radical (unpaired) electrons. The minimum atomic E-state index is -1.00. The van der Waals surface area contributed by atoms with Crippen LogP contribution in [-0.2, 0) is 12.0 Å². The van der Waals surface area contributed by atoms with Crippen molar-refractivity contribution in [2.45, 2.75) is 18.9 Å². The molecular formula is C13H13FOS. The van der Waals surface area contributed by atoms with Crippen molar-refractivity contribution in [1.82, 2.24) is 0 Å². The van der Waals surface area contributed by atoms with Crippen LogP contribution in [-0.4, -0.2) is 5.11 Å². The van der Waals surface area contributed by atoms with Crippen LogP contribution in [0.15, 0.2) is 41.8 Å². The van der Waals surface area contributed by atoms with Gasteiger partial charge in [-0.15, -0.1) is 11.3 Å². The molecule has 1 unspecified atom stereocenters. The van der Waals surface area contributed by atoms with Gasteiger partial charge in [-0.05, 0) is 30.0 Å². The third-order valence-electron chi connectivity index (χ3n) is 2.54. The van der Waals surface area contributed by atoms with Crippen molar-refractivity contribution < 1.29 is 9.50 Å². The highest BCUT2D eigenvalue weighted by Gasteiger charge is 2.25. The molecule has 0 bridgehead atoms. The smallest absolute Gasteiger partial charge is 0.126 e. The van der Waals surface area contributed by atoms with Crippen LogP contribution in [0.2, 0.25) is 0 Å². The highest BCUT2D eigenvalue weighted by atomic mass is 32.1. The Hall–Kier alpha value is -1.19. The quantitative estimate of drug-likeness (QED) is 0.866. The standard InChI is InChI=1S/C13H13FOS/c1-13(15,12-7-4-8-16-12)9-10-5-2-3-6-11(10)14/h2-8,15H,9H2,1H3. The second-order valence-electron chi connectivity index (χ2n) is 4.02. The fourth-order valence-corrected chi connectivity index (χ4v) is 2.47. The molecule has 1 heterocycles. The maximum Gasteiger partial charge on any atom is 0.126 e. The van der Waals surface area contributed by atoms with Gasteiger partial charge in [0, 0.05) is 11.3 Å². The SMILES string of the molecule is CC(O)(Cc1ccccc1F)c1cccs1. The zero-order valence-corrected chi connectivity index (χ0v) is 9.80. The summed E-state index contributed by atoms with van der Waals surface area (Å²) in [4.78, 5) is 0.857. The second-order valence-corrected chi connectivity index (χ2v) is 4.97. The number of hydrogen-bond donors (Lipinski definition) is 1. The summed E-state index contributed by atoms with van der Waals surface area (Å²) < 4.78 is 13.5. The molecule has 0 fully saturated rings. The topological polar surface area (TPSA) is 20.2 Å². The highest BCUT2D eigenvalue weighted by molar-refractivity contribution is 7.10. The van der Waals surface area contributed by atoms with Gasteiger partial charge in [-0.25, -0.2) is 4.39 Å². The van der Waals surface area contributed by atoms with Crippen LogP contribution < -0.4 is 0 Å². The van der Waals surface area contributed by atoms with E-state index < -0.39 is 5.60 Å². The highest BCUT2D eigenvalue weighted by Crippen LogP contribution is 2.29. The van der Waals surface area contributed by atoms with Crippen molar-refractivity contribution in [3.63, 3.8) is 0 Å². The van der Waals surface area contributed by atoms with Crippen LogP contribution in [0, 0.1) is 5.82 Å². The fourth-order valence-electron chi connectivity index (χ4n) is 1.68. The van der Waals surface area contributed by atoms with Gasteiger partial charge in [0.25, 0.3) is 0 Å². The molecule has 2 rings (SSSR count). The van der Waals surface area contributed by atoms with E-state index >= 15 is 0 Å². The zero-order valence-electron chi connectivity index (χ0n) is 8.98. The van der Waals surface area contributed by atoms with Gasteiger partial charge in [0.15, 0.2) is 0 Å². The molecule has 84 valence electrons. The fraction of sp³-hybridized carbons (Fsp3) is 0.231. The maximum absolute atomic E-state index is 13.5. The Labute approximate surface area is 98.2 Å². The predicted octanol–water partition coefficient (Wildman–Crippen LogP) is 3.34. The molecule has 16 heavy (non-hydrogen) atoms. The Bertz CT molecular complexity index is 463. The Morgan fingerprint density at radius 3 is 2.62 bits per heavy atom. The summed E-state index contributed by atoms with van der Waals surface area (Å²) in [7, 11) is 0. The lowest BCUT2D eigenvalue weighted by atomic mass is 9.95. The van der Waals surface area contributed by atoms with Crippen molar-refractivity contribution in [2.24, 2.45) is 0 Å². The molecule has 0 aliphatic carbocycles. The molecule has 1 nitrogen and oxygen atoms in total. The summed E-state index contributed by atoms with van der Waals surface area (Å²) in [6.45, 7) is 1.71. The summed E-state index contributed by atoms with van der Waals surface area (Å²) >= 11 is 1.48. The molecule has 0 aliphatic heterocycles. The largest absolute Gasteiger partial charge is 0.384 e. The lowest BCUT2D eigenvalue weighted by molar-refractivity contribution is 0.0605. The Kier molecular flexibility index (Phi) is 3.08. The first kappa shape index (κ1) is 11.3. The third kappa shape index (κ3) is 2.31.